The Labute approximate surface area is 122 Å². The number of hydrogen-bond acceptors (Lipinski definition) is 3. The second-order valence-corrected chi connectivity index (χ2v) is 4.77. The number of amides is 1. The Kier molecular flexibility index (Phi) is 3.51. The Hall–Kier alpha value is -2.89. The van der Waals surface area contributed by atoms with Crippen molar-refractivity contribution >= 4 is 11.6 Å². The predicted molar refractivity (Wildman–Crippen MR) is 78.9 cm³/mol. The van der Waals surface area contributed by atoms with E-state index >= 15 is 0 Å². The van der Waals surface area contributed by atoms with Crippen molar-refractivity contribution in [1.29, 1.82) is 0 Å². The molecule has 0 bridgehead atoms. The van der Waals surface area contributed by atoms with Gasteiger partial charge in [0.05, 0.1) is 30.2 Å². The Morgan fingerprint density at radius 2 is 1.95 bits per heavy atom. The van der Waals surface area contributed by atoms with E-state index in [2.05, 4.69) is 15.5 Å². The highest BCUT2D eigenvalue weighted by Crippen LogP contribution is 2.09. The van der Waals surface area contributed by atoms with Gasteiger partial charge in [0.25, 0.3) is 5.91 Å². The molecule has 6 nitrogen and oxygen atoms in total. The molecule has 6 heteroatoms. The number of aromatic nitrogens is 4. The summed E-state index contributed by atoms with van der Waals surface area (Å²) >= 11 is 0. The molecule has 2 aromatic heterocycles. The van der Waals surface area contributed by atoms with Gasteiger partial charge in [0, 0.05) is 19.4 Å². The number of carbonyl (C=O) groups is 1. The van der Waals surface area contributed by atoms with Crippen LogP contribution in [0, 0.1) is 0 Å². The molecule has 21 heavy (non-hydrogen) atoms. The van der Waals surface area contributed by atoms with E-state index in [9.17, 15) is 4.79 Å². The second-order valence-electron chi connectivity index (χ2n) is 4.77. The summed E-state index contributed by atoms with van der Waals surface area (Å²) in [5.74, 6) is -0.192. The predicted octanol–water partition coefficient (Wildman–Crippen LogP) is 1.92. The number of benzene rings is 1. The molecule has 0 fully saturated rings. The van der Waals surface area contributed by atoms with Crippen molar-refractivity contribution in [2.45, 2.75) is 6.54 Å². The van der Waals surface area contributed by atoms with E-state index in [1.807, 2.05) is 30.3 Å². The van der Waals surface area contributed by atoms with Gasteiger partial charge in [-0.25, -0.2) is 0 Å². The van der Waals surface area contributed by atoms with E-state index < -0.39 is 0 Å². The highest BCUT2D eigenvalue weighted by Gasteiger charge is 2.09. The number of rotatable bonds is 4. The molecule has 106 valence electrons. The lowest BCUT2D eigenvalue weighted by atomic mass is 10.2. The van der Waals surface area contributed by atoms with Crippen molar-refractivity contribution in [2.24, 2.45) is 7.05 Å². The van der Waals surface area contributed by atoms with Crippen molar-refractivity contribution < 1.29 is 4.79 Å². The van der Waals surface area contributed by atoms with Crippen LogP contribution in [-0.2, 0) is 13.6 Å². The monoisotopic (exact) mass is 281 g/mol. The van der Waals surface area contributed by atoms with Crippen molar-refractivity contribution in [1.82, 2.24) is 19.6 Å². The number of hydrogen-bond donors (Lipinski definition) is 1. The molecule has 1 N–H and O–H groups in total. The van der Waals surface area contributed by atoms with E-state index in [1.165, 1.54) is 6.20 Å². The number of nitrogens with zero attached hydrogens (tertiary/aromatic N) is 4. The molecule has 0 atom stereocenters. The zero-order chi connectivity index (χ0) is 14.7. The minimum absolute atomic E-state index is 0.192. The summed E-state index contributed by atoms with van der Waals surface area (Å²) in [6, 6.07) is 10.0. The largest absolute Gasteiger partial charge is 0.319 e. The molecule has 3 aromatic rings. The third-order valence-electron chi connectivity index (χ3n) is 3.05. The molecule has 0 saturated heterocycles. The third-order valence-corrected chi connectivity index (χ3v) is 3.05. The smallest absolute Gasteiger partial charge is 0.258 e. The second kappa shape index (κ2) is 5.62. The summed E-state index contributed by atoms with van der Waals surface area (Å²) in [5, 5.41) is 11.0. The van der Waals surface area contributed by atoms with E-state index in [1.54, 1.807) is 35.0 Å². The summed E-state index contributed by atoms with van der Waals surface area (Å²) in [5.41, 5.74) is 2.35. The van der Waals surface area contributed by atoms with E-state index in [4.69, 9.17) is 0 Å². The first-order chi connectivity index (χ1) is 10.2. The van der Waals surface area contributed by atoms with Gasteiger partial charge >= 0.3 is 0 Å². The molecule has 0 unspecified atom stereocenters. The molecular formula is C15H15N5O. The number of anilines is 1. The lowest BCUT2D eigenvalue weighted by Crippen LogP contribution is -2.10. The molecule has 0 aliphatic heterocycles. The highest BCUT2D eigenvalue weighted by atomic mass is 16.1. The van der Waals surface area contributed by atoms with Gasteiger partial charge in [0.1, 0.15) is 0 Å². The zero-order valence-corrected chi connectivity index (χ0v) is 11.6. The average molecular weight is 281 g/mol. The quantitative estimate of drug-likeness (QED) is 0.794. The Morgan fingerprint density at radius 1 is 1.14 bits per heavy atom. The van der Waals surface area contributed by atoms with Crippen LogP contribution in [0.2, 0.25) is 0 Å². The van der Waals surface area contributed by atoms with Crippen LogP contribution in [0.5, 0.6) is 0 Å². The molecule has 3 rings (SSSR count). The van der Waals surface area contributed by atoms with Crippen molar-refractivity contribution in [3.63, 3.8) is 0 Å². The number of aryl methyl sites for hydroxylation is 1. The van der Waals surface area contributed by atoms with Crippen molar-refractivity contribution in [2.75, 3.05) is 5.32 Å². The average Bonchev–Trinajstić information content (AvgIpc) is 3.09. The maximum Gasteiger partial charge on any atom is 0.258 e. The highest BCUT2D eigenvalue weighted by molar-refractivity contribution is 6.03. The lowest BCUT2D eigenvalue weighted by Gasteiger charge is -2.01. The van der Waals surface area contributed by atoms with Gasteiger partial charge in [-0.3, -0.25) is 14.2 Å². The molecule has 2 heterocycles. The van der Waals surface area contributed by atoms with Gasteiger partial charge in [0.2, 0.25) is 0 Å². The fourth-order valence-corrected chi connectivity index (χ4v) is 2.03. The molecule has 1 amide bonds. The first-order valence-electron chi connectivity index (χ1n) is 6.57. The SMILES string of the molecule is Cn1cc(C(=O)Nc2cnn(Cc3ccccc3)c2)cn1. The van der Waals surface area contributed by atoms with Crippen LogP contribution in [0.3, 0.4) is 0 Å². The fourth-order valence-electron chi connectivity index (χ4n) is 2.03. The van der Waals surface area contributed by atoms with Crippen molar-refractivity contribution in [3.8, 4) is 0 Å². The molecule has 0 saturated carbocycles. The lowest BCUT2D eigenvalue weighted by molar-refractivity contribution is 0.102. The van der Waals surface area contributed by atoms with Crippen LogP contribution >= 0.6 is 0 Å². The maximum atomic E-state index is 12.0. The summed E-state index contributed by atoms with van der Waals surface area (Å²) in [6.45, 7) is 0.670. The van der Waals surface area contributed by atoms with E-state index in [0.29, 0.717) is 17.8 Å². The van der Waals surface area contributed by atoms with Gasteiger partial charge in [-0.05, 0) is 5.56 Å². The summed E-state index contributed by atoms with van der Waals surface area (Å²) < 4.78 is 3.38. The van der Waals surface area contributed by atoms with Gasteiger partial charge in [-0.2, -0.15) is 10.2 Å². The number of carbonyl (C=O) groups excluding carboxylic acids is 1. The molecule has 1 aromatic carbocycles. The third kappa shape index (κ3) is 3.17. The normalized spacial score (nSPS) is 10.5. The summed E-state index contributed by atoms with van der Waals surface area (Å²) in [6.07, 6.45) is 6.64. The van der Waals surface area contributed by atoms with Gasteiger partial charge in [0.15, 0.2) is 0 Å². The van der Waals surface area contributed by atoms with Gasteiger partial charge < -0.3 is 5.32 Å². The molecule has 0 aliphatic rings. The first-order valence-corrected chi connectivity index (χ1v) is 6.57. The van der Waals surface area contributed by atoms with Crippen LogP contribution in [0.25, 0.3) is 0 Å². The van der Waals surface area contributed by atoms with E-state index in [0.717, 1.165) is 5.56 Å². The topological polar surface area (TPSA) is 64.7 Å². The van der Waals surface area contributed by atoms with E-state index in [-0.39, 0.29) is 5.91 Å². The Bertz CT molecular complexity index is 744. The van der Waals surface area contributed by atoms with Crippen molar-refractivity contribution in [3.05, 3.63) is 66.2 Å². The van der Waals surface area contributed by atoms with Gasteiger partial charge in [-0.1, -0.05) is 30.3 Å². The van der Waals surface area contributed by atoms with Crippen LogP contribution in [-0.4, -0.2) is 25.5 Å². The minimum Gasteiger partial charge on any atom is -0.319 e. The molecular weight excluding hydrogens is 266 g/mol. The first kappa shape index (κ1) is 13.1. The molecule has 0 radical (unpaired) electrons. The minimum atomic E-state index is -0.192. The molecule has 0 aliphatic carbocycles. The van der Waals surface area contributed by atoms with Gasteiger partial charge in [-0.15, -0.1) is 0 Å². The van der Waals surface area contributed by atoms with Crippen LogP contribution in [0.4, 0.5) is 5.69 Å². The standard InChI is InChI=1S/C15H15N5O/c1-19-10-13(7-16-19)15(21)18-14-8-17-20(11-14)9-12-5-3-2-4-6-12/h2-8,10-11H,9H2,1H3,(H,18,21). The Balaban J connectivity index is 1.66. The molecule has 0 spiro atoms. The maximum absolute atomic E-state index is 12.0. The fraction of sp³-hybridized carbons (Fsp3) is 0.133. The van der Waals surface area contributed by atoms with Crippen LogP contribution in [0.15, 0.2) is 55.1 Å². The number of nitrogens with one attached hydrogen (secondary N) is 1. The van der Waals surface area contributed by atoms with Crippen LogP contribution in [0.1, 0.15) is 15.9 Å². The summed E-state index contributed by atoms with van der Waals surface area (Å²) in [4.78, 5) is 12.0. The zero-order valence-electron chi connectivity index (χ0n) is 11.6. The van der Waals surface area contributed by atoms with Crippen LogP contribution < -0.4 is 5.32 Å². The summed E-state index contributed by atoms with van der Waals surface area (Å²) in [7, 11) is 1.77. The Morgan fingerprint density at radius 3 is 2.67 bits per heavy atom.